The predicted octanol–water partition coefficient (Wildman–Crippen LogP) is 2.82. The third kappa shape index (κ3) is 6.63. The molecule has 1 aliphatic rings. The van der Waals surface area contributed by atoms with E-state index >= 15 is 0 Å². The van der Waals surface area contributed by atoms with Crippen molar-refractivity contribution in [3.05, 3.63) is 0 Å². The van der Waals surface area contributed by atoms with Crippen LogP contribution in [0.2, 0.25) is 0 Å². The summed E-state index contributed by atoms with van der Waals surface area (Å²) in [6.45, 7) is 8.49. The maximum atomic E-state index is 10.6. The molecule has 0 spiro atoms. The Hall–Kier alpha value is -0.490. The van der Waals surface area contributed by atoms with Crippen LogP contribution in [-0.4, -0.2) is 54.6 Å². The largest absolute Gasteiger partial charge is 0.391 e. The van der Waals surface area contributed by atoms with E-state index < -0.39 is 18.3 Å². The van der Waals surface area contributed by atoms with E-state index in [-0.39, 0.29) is 12.0 Å². The van der Waals surface area contributed by atoms with E-state index in [0.29, 0.717) is 30.8 Å². The Morgan fingerprint density at radius 2 is 1.80 bits per heavy atom. The molecule has 2 N–H and O–H groups in total. The van der Waals surface area contributed by atoms with Crippen molar-refractivity contribution in [1.82, 2.24) is 0 Å². The highest BCUT2D eigenvalue weighted by atomic mass is 16.5. The van der Waals surface area contributed by atoms with Gasteiger partial charge in [0.15, 0.2) is 0 Å². The summed E-state index contributed by atoms with van der Waals surface area (Å²) in [5, 5.41) is 19.7. The van der Waals surface area contributed by atoms with E-state index in [4.69, 9.17) is 9.47 Å². The zero-order valence-corrected chi connectivity index (χ0v) is 16.6. The van der Waals surface area contributed by atoms with Gasteiger partial charge < -0.3 is 24.5 Å². The van der Waals surface area contributed by atoms with Crippen molar-refractivity contribution in [3.63, 3.8) is 0 Å². The lowest BCUT2D eigenvalue weighted by atomic mass is 9.90. The van der Waals surface area contributed by atoms with Crippen molar-refractivity contribution in [2.24, 2.45) is 23.7 Å². The second-order valence-electron chi connectivity index (χ2n) is 7.84. The summed E-state index contributed by atoms with van der Waals surface area (Å²) in [4.78, 5) is 10.6. The minimum atomic E-state index is -0.922. The third-order valence-corrected chi connectivity index (χ3v) is 6.08. The molecule has 5 heteroatoms. The molecule has 7 unspecified atom stereocenters. The van der Waals surface area contributed by atoms with Gasteiger partial charge in [-0.2, -0.15) is 0 Å². The van der Waals surface area contributed by atoms with Crippen molar-refractivity contribution in [3.8, 4) is 0 Å². The molecular formula is C20H38O5. The fourth-order valence-corrected chi connectivity index (χ4v) is 4.26. The molecule has 0 aliphatic heterocycles. The highest BCUT2D eigenvalue weighted by molar-refractivity contribution is 5.49. The Morgan fingerprint density at radius 3 is 2.32 bits per heavy atom. The summed E-state index contributed by atoms with van der Waals surface area (Å²) in [5.41, 5.74) is 0. The quantitative estimate of drug-likeness (QED) is 0.525. The van der Waals surface area contributed by atoms with Gasteiger partial charge in [-0.1, -0.05) is 20.3 Å². The first-order chi connectivity index (χ1) is 11.8. The van der Waals surface area contributed by atoms with E-state index in [2.05, 4.69) is 6.92 Å². The van der Waals surface area contributed by atoms with Gasteiger partial charge in [0.2, 0.25) is 0 Å². The Labute approximate surface area is 153 Å². The number of methoxy groups -OCH3 is 1. The normalized spacial score (nSPS) is 29.8. The summed E-state index contributed by atoms with van der Waals surface area (Å²) >= 11 is 0. The Morgan fingerprint density at radius 1 is 1.16 bits per heavy atom. The number of aliphatic hydroxyl groups is 2. The van der Waals surface area contributed by atoms with Gasteiger partial charge in [-0.05, 0) is 50.9 Å². The number of aldehydes is 1. The van der Waals surface area contributed by atoms with Crippen LogP contribution in [0.15, 0.2) is 0 Å². The topological polar surface area (TPSA) is 76.0 Å². The first kappa shape index (κ1) is 22.6. The monoisotopic (exact) mass is 358 g/mol. The first-order valence-corrected chi connectivity index (χ1v) is 9.79. The number of rotatable bonds is 12. The number of aliphatic hydroxyl groups excluding tert-OH is 2. The second kappa shape index (κ2) is 11.3. The molecule has 0 amide bonds. The lowest BCUT2D eigenvalue weighted by Gasteiger charge is -2.33. The van der Waals surface area contributed by atoms with Crippen LogP contribution in [0, 0.1) is 23.7 Å². The molecule has 0 aromatic carbocycles. The summed E-state index contributed by atoms with van der Waals surface area (Å²) in [7, 11) is 1.56. The maximum Gasteiger partial charge on any atom is 0.120 e. The molecule has 5 nitrogen and oxygen atoms in total. The van der Waals surface area contributed by atoms with Crippen LogP contribution in [0.25, 0.3) is 0 Å². The zero-order valence-electron chi connectivity index (χ0n) is 16.6. The minimum Gasteiger partial charge on any atom is -0.391 e. The average Bonchev–Trinajstić information content (AvgIpc) is 3.00. The number of hydrogen-bond acceptors (Lipinski definition) is 5. The lowest BCUT2D eigenvalue weighted by Crippen LogP contribution is -2.45. The van der Waals surface area contributed by atoms with Crippen molar-refractivity contribution in [2.75, 3.05) is 13.7 Å². The molecule has 0 saturated heterocycles. The number of ether oxygens (including phenoxy) is 2. The van der Waals surface area contributed by atoms with Gasteiger partial charge in [-0.25, -0.2) is 0 Å². The Bertz CT molecular complexity index is 373. The van der Waals surface area contributed by atoms with Crippen molar-refractivity contribution in [1.29, 1.82) is 0 Å². The SMILES string of the molecule is CCC1CC(CO[C@H](C)C(C)C(OC)C(O)C(C)O)CC1CCC=O. The van der Waals surface area contributed by atoms with Gasteiger partial charge in [0.1, 0.15) is 12.4 Å². The molecule has 148 valence electrons. The number of carbonyl (C=O) groups excluding carboxylic acids is 1. The predicted molar refractivity (Wildman–Crippen MR) is 98.4 cm³/mol. The molecule has 0 heterocycles. The molecule has 0 radical (unpaired) electrons. The first-order valence-electron chi connectivity index (χ1n) is 9.79. The molecule has 1 saturated carbocycles. The summed E-state index contributed by atoms with van der Waals surface area (Å²) in [5.74, 6) is 1.85. The molecule has 8 atom stereocenters. The molecule has 1 aliphatic carbocycles. The second-order valence-corrected chi connectivity index (χ2v) is 7.84. The van der Waals surface area contributed by atoms with Crippen LogP contribution < -0.4 is 0 Å². The van der Waals surface area contributed by atoms with Gasteiger partial charge in [0.05, 0.1) is 18.3 Å². The van der Waals surface area contributed by atoms with Gasteiger partial charge >= 0.3 is 0 Å². The molecule has 1 rings (SSSR count). The average molecular weight is 359 g/mol. The summed E-state index contributed by atoms with van der Waals surface area (Å²) < 4.78 is 11.5. The van der Waals surface area contributed by atoms with E-state index in [0.717, 1.165) is 25.5 Å². The van der Waals surface area contributed by atoms with Crippen LogP contribution in [0.4, 0.5) is 0 Å². The van der Waals surface area contributed by atoms with Crippen molar-refractivity contribution >= 4 is 6.29 Å². The highest BCUT2D eigenvalue weighted by Crippen LogP contribution is 2.41. The van der Waals surface area contributed by atoms with Gasteiger partial charge in [0.25, 0.3) is 0 Å². The lowest BCUT2D eigenvalue weighted by molar-refractivity contribution is -0.119. The minimum absolute atomic E-state index is 0.0242. The van der Waals surface area contributed by atoms with E-state index in [9.17, 15) is 15.0 Å². The summed E-state index contributed by atoms with van der Waals surface area (Å²) in [6, 6.07) is 0. The highest BCUT2D eigenvalue weighted by Gasteiger charge is 2.35. The third-order valence-electron chi connectivity index (χ3n) is 6.08. The van der Waals surface area contributed by atoms with E-state index in [1.54, 1.807) is 14.0 Å². The fourth-order valence-electron chi connectivity index (χ4n) is 4.26. The van der Waals surface area contributed by atoms with Crippen LogP contribution in [-0.2, 0) is 14.3 Å². The van der Waals surface area contributed by atoms with Crippen LogP contribution in [0.1, 0.15) is 59.8 Å². The van der Waals surface area contributed by atoms with Crippen molar-refractivity contribution in [2.45, 2.75) is 84.2 Å². The van der Waals surface area contributed by atoms with Gasteiger partial charge in [-0.3, -0.25) is 0 Å². The molecule has 25 heavy (non-hydrogen) atoms. The van der Waals surface area contributed by atoms with Crippen molar-refractivity contribution < 1.29 is 24.5 Å². The summed E-state index contributed by atoms with van der Waals surface area (Å²) in [6.07, 6.45) is 3.88. The smallest absolute Gasteiger partial charge is 0.120 e. The number of carbonyl (C=O) groups is 1. The molecule has 0 aromatic heterocycles. The van der Waals surface area contributed by atoms with Gasteiger partial charge in [-0.15, -0.1) is 0 Å². The van der Waals surface area contributed by atoms with Gasteiger partial charge in [0, 0.05) is 26.1 Å². The Kier molecular flexibility index (Phi) is 10.2. The fraction of sp³-hybridized carbons (Fsp3) is 0.950. The van der Waals surface area contributed by atoms with Crippen LogP contribution >= 0.6 is 0 Å². The van der Waals surface area contributed by atoms with E-state index in [1.165, 1.54) is 6.42 Å². The van der Waals surface area contributed by atoms with Crippen LogP contribution in [0.3, 0.4) is 0 Å². The maximum absolute atomic E-state index is 10.6. The molecule has 0 aromatic rings. The standard InChI is InChI=1S/C20H38O5/c1-6-17-10-16(11-18(17)8-7-9-21)12-25-15(4)13(2)20(24-5)19(23)14(3)22/h9,13-20,22-23H,6-8,10-12H2,1-5H3/t13?,14?,15-,16?,17?,18?,19?,20?/m1/s1. The molecule has 0 bridgehead atoms. The zero-order chi connectivity index (χ0) is 19.0. The molecular weight excluding hydrogens is 320 g/mol. The van der Waals surface area contributed by atoms with E-state index in [1.807, 2.05) is 13.8 Å². The Balaban J connectivity index is 2.49. The van der Waals surface area contributed by atoms with Crippen LogP contribution in [0.5, 0.6) is 0 Å². The number of hydrogen-bond donors (Lipinski definition) is 2. The molecule has 1 fully saturated rings.